The topological polar surface area (TPSA) is 80.4 Å². The summed E-state index contributed by atoms with van der Waals surface area (Å²) in [6.45, 7) is 0. The fourth-order valence-corrected chi connectivity index (χ4v) is 15.2. The lowest BCUT2D eigenvalue weighted by molar-refractivity contribution is 0.671. The van der Waals surface area contributed by atoms with Crippen LogP contribution >= 0.6 is 0 Å². The Hall–Kier alpha value is -12.2. The van der Waals surface area contributed by atoms with Gasteiger partial charge in [0.15, 0.2) is 5.58 Å². The van der Waals surface area contributed by atoms with Crippen molar-refractivity contribution in [2.24, 2.45) is 0 Å². The van der Waals surface area contributed by atoms with Crippen LogP contribution in [0.1, 0.15) is 11.1 Å². The highest BCUT2D eigenvalue weighted by atomic mass is 16.3. The van der Waals surface area contributed by atoms with Crippen molar-refractivity contribution in [2.75, 3.05) is 0 Å². The van der Waals surface area contributed by atoms with Crippen LogP contribution in [0.15, 0.2) is 271 Å². The molecule has 7 heteroatoms. The van der Waals surface area contributed by atoms with Gasteiger partial charge in [-0.1, -0.05) is 212 Å². The van der Waals surface area contributed by atoms with Crippen LogP contribution in [0.5, 0.6) is 0 Å². The number of fused-ring (bicyclic) bond motifs is 22. The number of nitrogens with zero attached hydrogens (tertiary/aromatic N) is 6. The Bertz CT molecular complexity index is 6160. The summed E-state index contributed by atoms with van der Waals surface area (Å²) in [5.41, 5.74) is 13.6. The summed E-state index contributed by atoms with van der Waals surface area (Å²) in [4.78, 5) is 0. The van der Waals surface area contributed by atoms with Gasteiger partial charge in [0.1, 0.15) is 28.8 Å². The van der Waals surface area contributed by atoms with Crippen molar-refractivity contribution in [2.45, 2.75) is 0 Å². The minimum atomic E-state index is 0.370. The first-order valence-corrected chi connectivity index (χ1v) is 29.4. The third-order valence-corrected chi connectivity index (χ3v) is 18.6. The SMILES string of the molecule is N#Cc1c(-n2c3ccccc3c3ccccc32)c(-n2c3ccccc3c3ccccc32)c(C#N)c(-n2c3cccc(-c4cccc5c6ccccc6c6ccccc6c45)c3c3ccc4c5ccccc5oc4c32)c1-n1c2ccccc2c2ccccc21. The monoisotopic (exact) mass is 1100 g/mol. The van der Waals surface area contributed by atoms with Crippen LogP contribution < -0.4 is 0 Å². The van der Waals surface area contributed by atoms with Gasteiger partial charge < -0.3 is 22.7 Å². The molecule has 0 spiro atoms. The first kappa shape index (κ1) is 47.3. The normalized spacial score (nSPS) is 12.1. The lowest BCUT2D eigenvalue weighted by atomic mass is 9.88. The van der Waals surface area contributed by atoms with Crippen LogP contribution in [-0.4, -0.2) is 18.3 Å². The minimum absolute atomic E-state index is 0.370. The van der Waals surface area contributed by atoms with Crippen LogP contribution in [0.25, 0.3) is 175 Å². The van der Waals surface area contributed by atoms with Gasteiger partial charge >= 0.3 is 0 Å². The largest absolute Gasteiger partial charge is 0.454 e. The van der Waals surface area contributed by atoms with E-state index in [0.29, 0.717) is 39.5 Å². The highest BCUT2D eigenvalue weighted by molar-refractivity contribution is 6.31. The zero-order valence-corrected chi connectivity index (χ0v) is 46.5. The average molecular weight is 1110 g/mol. The molecule has 0 aliphatic carbocycles. The quantitative estimate of drug-likeness (QED) is 0.161. The minimum Gasteiger partial charge on any atom is -0.454 e. The zero-order valence-electron chi connectivity index (χ0n) is 46.5. The molecule has 0 aliphatic heterocycles. The molecule has 0 saturated carbocycles. The fourth-order valence-electron chi connectivity index (χ4n) is 15.2. The van der Waals surface area contributed by atoms with E-state index in [1.54, 1.807) is 0 Å². The third-order valence-electron chi connectivity index (χ3n) is 18.6. The molecule has 14 aromatic carbocycles. The van der Waals surface area contributed by atoms with Gasteiger partial charge in [0.2, 0.25) is 0 Å². The molecule has 19 aromatic rings. The molecule has 0 amide bonds. The highest BCUT2D eigenvalue weighted by Crippen LogP contribution is 2.52. The molecule has 5 aromatic heterocycles. The van der Waals surface area contributed by atoms with E-state index in [1.165, 1.54) is 16.2 Å². The van der Waals surface area contributed by atoms with E-state index in [1.807, 2.05) is 12.1 Å². The van der Waals surface area contributed by atoms with E-state index in [2.05, 4.69) is 285 Å². The number of furan rings is 1. The van der Waals surface area contributed by atoms with Gasteiger partial charge in [-0.3, -0.25) is 0 Å². The number of rotatable bonds is 5. The van der Waals surface area contributed by atoms with Crippen molar-refractivity contribution < 1.29 is 4.42 Å². The van der Waals surface area contributed by atoms with E-state index in [-0.39, 0.29) is 0 Å². The van der Waals surface area contributed by atoms with Gasteiger partial charge in [-0.2, -0.15) is 10.5 Å². The molecule has 0 aliphatic rings. The van der Waals surface area contributed by atoms with Gasteiger partial charge in [0, 0.05) is 53.9 Å². The van der Waals surface area contributed by atoms with Crippen LogP contribution in [-0.2, 0) is 0 Å². The van der Waals surface area contributed by atoms with Gasteiger partial charge in [-0.25, -0.2) is 0 Å². The molecular formula is C80H44N6O. The second-order valence-corrected chi connectivity index (χ2v) is 22.8. The van der Waals surface area contributed by atoms with Crippen molar-refractivity contribution in [1.29, 1.82) is 10.5 Å². The lowest BCUT2D eigenvalue weighted by Gasteiger charge is -2.27. The van der Waals surface area contributed by atoms with Crippen molar-refractivity contribution in [1.82, 2.24) is 18.3 Å². The Morgan fingerprint density at radius 3 is 0.989 bits per heavy atom. The molecule has 0 saturated heterocycles. The second kappa shape index (κ2) is 17.7. The molecule has 19 rings (SSSR count). The molecule has 0 bridgehead atoms. The molecular weight excluding hydrogens is 1060 g/mol. The maximum atomic E-state index is 13.1. The van der Waals surface area contributed by atoms with Gasteiger partial charge in [0.25, 0.3) is 0 Å². The summed E-state index contributed by atoms with van der Waals surface area (Å²) < 4.78 is 16.3. The maximum absolute atomic E-state index is 13.1. The van der Waals surface area contributed by atoms with E-state index in [9.17, 15) is 10.5 Å². The zero-order chi connectivity index (χ0) is 57.2. The maximum Gasteiger partial charge on any atom is 0.160 e. The first-order valence-electron chi connectivity index (χ1n) is 29.4. The molecule has 0 radical (unpaired) electrons. The lowest BCUT2D eigenvalue weighted by Crippen LogP contribution is -2.16. The Kier molecular flexibility index (Phi) is 9.62. The Morgan fingerprint density at radius 1 is 0.241 bits per heavy atom. The van der Waals surface area contributed by atoms with E-state index < -0.39 is 0 Å². The van der Waals surface area contributed by atoms with Gasteiger partial charge in [-0.15, -0.1) is 0 Å². The second-order valence-electron chi connectivity index (χ2n) is 22.8. The Morgan fingerprint density at radius 2 is 0.552 bits per heavy atom. The molecule has 0 fully saturated rings. The van der Waals surface area contributed by atoms with Crippen molar-refractivity contribution in [3.63, 3.8) is 0 Å². The smallest absolute Gasteiger partial charge is 0.160 e. The van der Waals surface area contributed by atoms with E-state index in [4.69, 9.17) is 4.42 Å². The van der Waals surface area contributed by atoms with E-state index >= 15 is 0 Å². The number of aromatic nitrogens is 4. The number of para-hydroxylation sites is 7. The summed E-state index contributed by atoms with van der Waals surface area (Å²) in [6, 6.07) is 100. The standard InChI is InChI=1S/C80H44N6O/c81-45-63-75(83-65-35-12-5-24-50(65)51-25-6-13-36-66(51)83)76(84-67-37-14-7-26-52(67)53-27-8-15-38-68(53)84)64(46-82)78(77(63)85-69-39-16-9-28-54(69)55-29-10-17-40-70(55)85)86-71-41-20-34-60(74(71)62-44-43-61-56-30-11-18-42-72(56)87-80(61)79(62)86)59-33-19-32-58-49-22-2-1-21-47(49)48-23-3-4-31-57(48)73(58)59/h1-44H. The number of hydrogen-bond donors (Lipinski definition) is 0. The number of hydrogen-bond acceptors (Lipinski definition) is 3. The molecule has 87 heavy (non-hydrogen) atoms. The number of nitriles is 2. The summed E-state index contributed by atoms with van der Waals surface area (Å²) in [6.07, 6.45) is 0. The van der Waals surface area contributed by atoms with Crippen molar-refractivity contribution >= 4 is 141 Å². The van der Waals surface area contributed by atoms with Crippen LogP contribution in [0.3, 0.4) is 0 Å². The predicted octanol–water partition coefficient (Wildman–Crippen LogP) is 20.8. The van der Waals surface area contributed by atoms with Crippen molar-refractivity contribution in [3.8, 4) is 46.0 Å². The average Bonchev–Trinajstić information content (AvgIpc) is 1.71. The van der Waals surface area contributed by atoms with E-state index in [0.717, 1.165) is 131 Å². The number of benzene rings is 14. The molecule has 0 unspecified atom stereocenters. The summed E-state index contributed by atoms with van der Waals surface area (Å²) in [7, 11) is 0. The van der Waals surface area contributed by atoms with Gasteiger partial charge in [-0.05, 0) is 98.0 Å². The third kappa shape index (κ3) is 6.20. The summed E-state index contributed by atoms with van der Waals surface area (Å²) >= 11 is 0. The molecule has 400 valence electrons. The fraction of sp³-hybridized carbons (Fsp3) is 0. The predicted molar refractivity (Wildman–Crippen MR) is 358 cm³/mol. The van der Waals surface area contributed by atoms with Crippen LogP contribution in [0, 0.1) is 22.7 Å². The van der Waals surface area contributed by atoms with Crippen molar-refractivity contribution in [3.05, 3.63) is 278 Å². The molecule has 7 nitrogen and oxygen atoms in total. The van der Waals surface area contributed by atoms with Crippen LogP contribution in [0.4, 0.5) is 0 Å². The Labute approximate surface area is 496 Å². The molecule has 5 heterocycles. The Balaban J connectivity index is 1.10. The molecule has 0 atom stereocenters. The summed E-state index contributed by atoms with van der Waals surface area (Å²) in [5.74, 6) is 0. The summed E-state index contributed by atoms with van der Waals surface area (Å²) in [5, 5.41) is 43.1. The van der Waals surface area contributed by atoms with Gasteiger partial charge in [0.05, 0.1) is 66.9 Å². The molecule has 0 N–H and O–H groups in total. The highest BCUT2D eigenvalue weighted by Gasteiger charge is 2.36. The first-order chi connectivity index (χ1) is 43.2. The van der Waals surface area contributed by atoms with Crippen LogP contribution in [0.2, 0.25) is 0 Å².